The SMILES string of the molecule is CCC(NCc1c(C)nn(C)c1C)C(=O)OC. The Bertz CT molecular complexity index is 399. The summed E-state index contributed by atoms with van der Waals surface area (Å²) in [5, 5.41) is 7.54. The quantitative estimate of drug-likeness (QED) is 0.781. The lowest BCUT2D eigenvalue weighted by atomic mass is 10.1. The average molecular weight is 239 g/mol. The third-order valence-corrected chi connectivity index (χ3v) is 3.08. The van der Waals surface area contributed by atoms with Gasteiger partial charge in [0.1, 0.15) is 6.04 Å². The maximum atomic E-state index is 11.4. The molecule has 0 aromatic carbocycles. The van der Waals surface area contributed by atoms with Crippen LogP contribution in [0.4, 0.5) is 0 Å². The number of nitrogens with one attached hydrogen (secondary N) is 1. The summed E-state index contributed by atoms with van der Waals surface area (Å²) in [5.74, 6) is -0.216. The van der Waals surface area contributed by atoms with E-state index >= 15 is 0 Å². The minimum atomic E-state index is -0.251. The third kappa shape index (κ3) is 3.06. The molecule has 0 fully saturated rings. The average Bonchev–Trinajstić information content (AvgIpc) is 2.55. The maximum Gasteiger partial charge on any atom is 0.322 e. The molecule has 0 aliphatic carbocycles. The first-order valence-corrected chi connectivity index (χ1v) is 5.81. The van der Waals surface area contributed by atoms with Crippen LogP contribution in [0.25, 0.3) is 0 Å². The first-order valence-electron chi connectivity index (χ1n) is 5.81. The zero-order chi connectivity index (χ0) is 13.0. The summed E-state index contributed by atoms with van der Waals surface area (Å²) in [5.41, 5.74) is 3.27. The van der Waals surface area contributed by atoms with Crippen molar-refractivity contribution in [3.05, 3.63) is 17.0 Å². The van der Waals surface area contributed by atoms with E-state index in [1.54, 1.807) is 0 Å². The summed E-state index contributed by atoms with van der Waals surface area (Å²) >= 11 is 0. The van der Waals surface area contributed by atoms with Crippen LogP contribution in [-0.2, 0) is 23.1 Å². The fraction of sp³-hybridized carbons (Fsp3) is 0.667. The Hall–Kier alpha value is -1.36. The van der Waals surface area contributed by atoms with Gasteiger partial charge in [-0.1, -0.05) is 6.92 Å². The van der Waals surface area contributed by atoms with Crippen molar-refractivity contribution in [1.29, 1.82) is 0 Å². The largest absolute Gasteiger partial charge is 0.468 e. The summed E-state index contributed by atoms with van der Waals surface area (Å²) in [6.07, 6.45) is 0.713. The number of hydrogen-bond acceptors (Lipinski definition) is 4. The second-order valence-corrected chi connectivity index (χ2v) is 4.14. The van der Waals surface area contributed by atoms with Crippen LogP contribution in [0.3, 0.4) is 0 Å². The first-order chi connectivity index (χ1) is 8.01. The molecule has 0 aliphatic heterocycles. The molecule has 1 N–H and O–H groups in total. The molecule has 17 heavy (non-hydrogen) atoms. The Labute approximate surface area is 102 Å². The first kappa shape index (κ1) is 13.7. The number of ether oxygens (including phenoxy) is 1. The van der Waals surface area contributed by atoms with E-state index in [1.807, 2.05) is 32.5 Å². The molecule has 0 saturated carbocycles. The van der Waals surface area contributed by atoms with Crippen LogP contribution in [0.15, 0.2) is 0 Å². The van der Waals surface area contributed by atoms with E-state index < -0.39 is 0 Å². The summed E-state index contributed by atoms with van der Waals surface area (Å²) in [6.45, 7) is 6.59. The van der Waals surface area contributed by atoms with Crippen molar-refractivity contribution in [2.45, 2.75) is 39.8 Å². The number of nitrogens with zero attached hydrogens (tertiary/aromatic N) is 2. The lowest BCUT2D eigenvalue weighted by molar-refractivity contribution is -0.143. The third-order valence-electron chi connectivity index (χ3n) is 3.08. The molecule has 5 nitrogen and oxygen atoms in total. The van der Waals surface area contributed by atoms with E-state index in [-0.39, 0.29) is 12.0 Å². The Balaban J connectivity index is 2.69. The molecule has 0 aliphatic rings. The molecule has 1 heterocycles. The monoisotopic (exact) mass is 239 g/mol. The number of methoxy groups -OCH3 is 1. The van der Waals surface area contributed by atoms with Crippen molar-refractivity contribution in [3.63, 3.8) is 0 Å². The summed E-state index contributed by atoms with van der Waals surface area (Å²) in [4.78, 5) is 11.4. The molecule has 1 unspecified atom stereocenters. The molecule has 1 rings (SSSR count). The van der Waals surface area contributed by atoms with Crippen LogP contribution in [0.1, 0.15) is 30.3 Å². The Kier molecular flexibility index (Phi) is 4.69. The number of hydrogen-bond donors (Lipinski definition) is 1. The van der Waals surface area contributed by atoms with Crippen LogP contribution in [0.5, 0.6) is 0 Å². The number of rotatable bonds is 5. The molecule has 0 bridgehead atoms. The van der Waals surface area contributed by atoms with E-state index in [4.69, 9.17) is 4.74 Å². The molecule has 1 aromatic rings. The number of aromatic nitrogens is 2. The molecular weight excluding hydrogens is 218 g/mol. The van der Waals surface area contributed by atoms with Crippen molar-refractivity contribution in [3.8, 4) is 0 Å². The molecule has 96 valence electrons. The smallest absolute Gasteiger partial charge is 0.322 e. The van der Waals surface area contributed by atoms with Gasteiger partial charge in [-0.15, -0.1) is 0 Å². The standard InChI is InChI=1S/C12H21N3O2/c1-6-11(12(16)17-5)13-7-10-8(2)14-15(4)9(10)3/h11,13H,6-7H2,1-5H3. The van der Waals surface area contributed by atoms with Gasteiger partial charge in [0.15, 0.2) is 0 Å². The van der Waals surface area contributed by atoms with Crippen molar-refractivity contribution >= 4 is 5.97 Å². The van der Waals surface area contributed by atoms with Gasteiger partial charge in [0.05, 0.1) is 12.8 Å². The van der Waals surface area contributed by atoms with Crippen molar-refractivity contribution in [2.24, 2.45) is 7.05 Å². The minimum Gasteiger partial charge on any atom is -0.468 e. The van der Waals surface area contributed by atoms with Gasteiger partial charge in [-0.25, -0.2) is 0 Å². The van der Waals surface area contributed by atoms with Crippen LogP contribution < -0.4 is 5.32 Å². The highest BCUT2D eigenvalue weighted by Crippen LogP contribution is 2.11. The second-order valence-electron chi connectivity index (χ2n) is 4.14. The fourth-order valence-electron chi connectivity index (χ4n) is 1.84. The maximum absolute atomic E-state index is 11.4. The van der Waals surface area contributed by atoms with Crippen LogP contribution in [0.2, 0.25) is 0 Å². The van der Waals surface area contributed by atoms with Crippen molar-refractivity contribution in [2.75, 3.05) is 7.11 Å². The van der Waals surface area contributed by atoms with Crippen molar-refractivity contribution in [1.82, 2.24) is 15.1 Å². The number of carbonyl (C=O) groups is 1. The van der Waals surface area contributed by atoms with E-state index in [1.165, 1.54) is 7.11 Å². The number of aryl methyl sites for hydroxylation is 2. The minimum absolute atomic E-state index is 0.216. The van der Waals surface area contributed by atoms with E-state index in [0.717, 1.165) is 17.0 Å². The molecule has 0 radical (unpaired) electrons. The molecule has 0 spiro atoms. The predicted octanol–water partition coefficient (Wildman–Crippen LogP) is 1.08. The summed E-state index contributed by atoms with van der Waals surface area (Å²) < 4.78 is 6.59. The van der Waals surface area contributed by atoms with E-state index in [0.29, 0.717) is 13.0 Å². The van der Waals surface area contributed by atoms with E-state index in [2.05, 4.69) is 10.4 Å². The molecule has 1 aromatic heterocycles. The highest BCUT2D eigenvalue weighted by atomic mass is 16.5. The van der Waals surface area contributed by atoms with Gasteiger partial charge >= 0.3 is 5.97 Å². The molecule has 5 heteroatoms. The topological polar surface area (TPSA) is 56.2 Å². The van der Waals surface area contributed by atoms with Crippen molar-refractivity contribution < 1.29 is 9.53 Å². The van der Waals surface area contributed by atoms with Gasteiger partial charge in [0.2, 0.25) is 0 Å². The molecule has 0 amide bonds. The Morgan fingerprint density at radius 2 is 2.18 bits per heavy atom. The van der Waals surface area contributed by atoms with E-state index in [9.17, 15) is 4.79 Å². The summed E-state index contributed by atoms with van der Waals surface area (Å²) in [7, 11) is 3.33. The van der Waals surface area contributed by atoms with Gasteiger partial charge in [-0.3, -0.25) is 9.48 Å². The normalized spacial score (nSPS) is 12.5. The van der Waals surface area contributed by atoms with Gasteiger partial charge in [-0.05, 0) is 20.3 Å². The number of esters is 1. The fourth-order valence-corrected chi connectivity index (χ4v) is 1.84. The molecular formula is C12H21N3O2. The van der Waals surface area contributed by atoms with Crippen LogP contribution in [-0.4, -0.2) is 28.9 Å². The lowest BCUT2D eigenvalue weighted by Crippen LogP contribution is -2.36. The zero-order valence-corrected chi connectivity index (χ0v) is 11.2. The highest BCUT2D eigenvalue weighted by molar-refractivity contribution is 5.75. The Morgan fingerprint density at radius 1 is 1.53 bits per heavy atom. The Morgan fingerprint density at radius 3 is 2.59 bits per heavy atom. The predicted molar refractivity (Wildman–Crippen MR) is 65.6 cm³/mol. The van der Waals surface area contributed by atoms with Gasteiger partial charge in [0.25, 0.3) is 0 Å². The van der Waals surface area contributed by atoms with Gasteiger partial charge in [0, 0.05) is 24.8 Å². The van der Waals surface area contributed by atoms with Crippen LogP contribution in [0, 0.1) is 13.8 Å². The summed E-state index contributed by atoms with van der Waals surface area (Å²) in [6, 6.07) is -0.251. The number of carbonyl (C=O) groups excluding carboxylic acids is 1. The van der Waals surface area contributed by atoms with Gasteiger partial charge in [-0.2, -0.15) is 5.10 Å². The molecule has 0 saturated heterocycles. The zero-order valence-electron chi connectivity index (χ0n) is 11.2. The second kappa shape index (κ2) is 5.82. The molecule has 1 atom stereocenters. The van der Waals surface area contributed by atoms with Crippen LogP contribution >= 0.6 is 0 Å². The highest BCUT2D eigenvalue weighted by Gasteiger charge is 2.17. The van der Waals surface area contributed by atoms with Gasteiger partial charge < -0.3 is 10.1 Å². The lowest BCUT2D eigenvalue weighted by Gasteiger charge is -2.14.